The number of fused-ring (bicyclic) bond motifs is 6. The molecule has 2 heterocycles. The van der Waals surface area contributed by atoms with Crippen LogP contribution < -0.4 is 0 Å². The van der Waals surface area contributed by atoms with Gasteiger partial charge in [0, 0.05) is 33.2 Å². The highest BCUT2D eigenvalue weighted by Gasteiger charge is 2.21. The molecular formula is C35H32N2. The lowest BCUT2D eigenvalue weighted by atomic mass is 10.00. The van der Waals surface area contributed by atoms with Crippen molar-refractivity contribution in [1.29, 1.82) is 0 Å². The second kappa shape index (κ2) is 8.81. The molecule has 0 bridgehead atoms. The zero-order chi connectivity index (χ0) is 24.9. The molecule has 2 aromatic heterocycles. The largest absolute Gasteiger partial charge is 0.310 e. The Balaban J connectivity index is 1.52. The lowest BCUT2D eigenvalue weighted by Crippen LogP contribution is -2.00. The van der Waals surface area contributed by atoms with Gasteiger partial charge in [-0.05, 0) is 92.3 Å². The summed E-state index contributed by atoms with van der Waals surface area (Å²) >= 11 is 0. The quantitative estimate of drug-likeness (QED) is 0.233. The van der Waals surface area contributed by atoms with Crippen molar-refractivity contribution >= 4 is 38.8 Å². The fourth-order valence-corrected chi connectivity index (χ4v) is 6.14. The molecule has 7 rings (SSSR count). The number of unbranched alkanes of at least 4 members (excludes halogenated alkanes) is 1. The topological polar surface area (TPSA) is 9.86 Å². The van der Waals surface area contributed by atoms with Gasteiger partial charge in [0.25, 0.3) is 0 Å². The average Bonchev–Trinajstić information content (AvgIpc) is 3.44. The van der Waals surface area contributed by atoms with Crippen LogP contribution in [0.2, 0.25) is 0 Å². The highest BCUT2D eigenvalue weighted by Crippen LogP contribution is 2.40. The van der Waals surface area contributed by atoms with E-state index in [9.17, 15) is 0 Å². The van der Waals surface area contributed by atoms with Crippen LogP contribution in [0.3, 0.4) is 0 Å². The van der Waals surface area contributed by atoms with Crippen molar-refractivity contribution in [3.8, 4) is 11.4 Å². The van der Waals surface area contributed by atoms with E-state index in [1.165, 1.54) is 79.3 Å². The van der Waals surface area contributed by atoms with Gasteiger partial charge in [-0.15, -0.1) is 0 Å². The minimum atomic E-state index is 1.08. The van der Waals surface area contributed by atoms with Crippen LogP contribution >= 0.6 is 0 Å². The third-order valence-corrected chi connectivity index (χ3v) is 8.05. The van der Waals surface area contributed by atoms with Crippen LogP contribution in [-0.4, -0.2) is 9.13 Å². The first-order valence-corrected chi connectivity index (χ1v) is 13.7. The van der Waals surface area contributed by atoms with Gasteiger partial charge in [-0.2, -0.15) is 0 Å². The van der Waals surface area contributed by atoms with E-state index in [-0.39, 0.29) is 0 Å². The molecule has 4 aromatic carbocycles. The molecular weight excluding hydrogens is 448 g/mol. The summed E-state index contributed by atoms with van der Waals surface area (Å²) in [6.45, 7) is 4.41. The maximum absolute atomic E-state index is 2.49. The van der Waals surface area contributed by atoms with Gasteiger partial charge >= 0.3 is 0 Å². The molecule has 6 aromatic rings. The van der Waals surface area contributed by atoms with Crippen LogP contribution in [0.15, 0.2) is 91.0 Å². The standard InChI is InChI=1S/C35H32N2/c1-3-4-9-25-16-20-27(21-17-25)37-33-13-8-6-11-29(33)31-22-34-30(23-35(31)37)28-10-5-7-12-32(28)36(34)26-18-14-24(2)15-19-26/h5,7-8,10,12-23H,3-4,6,9,11H2,1-2H3. The maximum atomic E-state index is 2.49. The van der Waals surface area contributed by atoms with Gasteiger partial charge in [0.2, 0.25) is 0 Å². The molecule has 0 saturated heterocycles. The number of aromatic nitrogens is 2. The Morgan fingerprint density at radius 1 is 0.703 bits per heavy atom. The van der Waals surface area contributed by atoms with Gasteiger partial charge in [-0.25, -0.2) is 0 Å². The van der Waals surface area contributed by atoms with Crippen molar-refractivity contribution < 1.29 is 0 Å². The van der Waals surface area contributed by atoms with E-state index < -0.39 is 0 Å². The summed E-state index contributed by atoms with van der Waals surface area (Å²) in [5.41, 5.74) is 11.8. The predicted octanol–water partition coefficient (Wildman–Crippen LogP) is 9.34. The normalized spacial score (nSPS) is 13.1. The Morgan fingerprint density at radius 3 is 2.22 bits per heavy atom. The van der Waals surface area contributed by atoms with Crippen LogP contribution in [0.25, 0.3) is 50.2 Å². The molecule has 2 heteroatoms. The Kier molecular flexibility index (Phi) is 5.28. The first-order chi connectivity index (χ1) is 18.2. The number of hydrogen-bond donors (Lipinski definition) is 0. The second-order valence-corrected chi connectivity index (χ2v) is 10.5. The number of nitrogens with zero attached hydrogens (tertiary/aromatic N) is 2. The van der Waals surface area contributed by atoms with Gasteiger partial charge in [0.1, 0.15) is 0 Å². The first kappa shape index (κ1) is 22.2. The van der Waals surface area contributed by atoms with Crippen molar-refractivity contribution in [2.75, 3.05) is 0 Å². The first-order valence-electron chi connectivity index (χ1n) is 13.7. The third kappa shape index (κ3) is 3.54. The van der Waals surface area contributed by atoms with Gasteiger partial charge in [-0.1, -0.05) is 67.4 Å². The number of allylic oxidation sites excluding steroid dienone is 1. The number of aryl methyl sites for hydroxylation is 3. The van der Waals surface area contributed by atoms with Gasteiger partial charge in [0.15, 0.2) is 0 Å². The minimum Gasteiger partial charge on any atom is -0.310 e. The molecule has 0 spiro atoms. The van der Waals surface area contributed by atoms with Crippen LogP contribution in [-0.2, 0) is 12.8 Å². The van der Waals surface area contributed by atoms with Crippen LogP contribution in [0.5, 0.6) is 0 Å². The molecule has 0 saturated carbocycles. The van der Waals surface area contributed by atoms with Crippen LogP contribution in [0.4, 0.5) is 0 Å². The third-order valence-electron chi connectivity index (χ3n) is 8.05. The molecule has 2 nitrogen and oxygen atoms in total. The fraction of sp³-hybridized carbons (Fsp3) is 0.200. The highest BCUT2D eigenvalue weighted by atomic mass is 15.0. The van der Waals surface area contributed by atoms with E-state index in [0.717, 1.165) is 19.3 Å². The van der Waals surface area contributed by atoms with E-state index in [1.54, 1.807) is 0 Å². The van der Waals surface area contributed by atoms with Crippen molar-refractivity contribution in [1.82, 2.24) is 9.13 Å². The number of rotatable bonds is 5. The smallest absolute Gasteiger partial charge is 0.0548 e. The van der Waals surface area contributed by atoms with Crippen molar-refractivity contribution in [2.24, 2.45) is 0 Å². The molecule has 0 fully saturated rings. The van der Waals surface area contributed by atoms with Crippen LogP contribution in [0, 0.1) is 6.92 Å². The van der Waals surface area contributed by atoms with Gasteiger partial charge in [-0.3, -0.25) is 0 Å². The summed E-state index contributed by atoms with van der Waals surface area (Å²) in [6, 6.07) is 31.9. The number of para-hydroxylation sites is 1. The summed E-state index contributed by atoms with van der Waals surface area (Å²) in [7, 11) is 0. The number of benzene rings is 4. The van der Waals surface area contributed by atoms with Crippen molar-refractivity contribution in [2.45, 2.75) is 46.0 Å². The molecule has 0 unspecified atom stereocenters. The van der Waals surface area contributed by atoms with E-state index in [0.29, 0.717) is 0 Å². The molecule has 1 aliphatic carbocycles. The van der Waals surface area contributed by atoms with Crippen molar-refractivity contribution in [3.05, 3.63) is 113 Å². The lowest BCUT2D eigenvalue weighted by molar-refractivity contribution is 0.795. The number of hydrogen-bond acceptors (Lipinski definition) is 0. The Bertz CT molecular complexity index is 1790. The lowest BCUT2D eigenvalue weighted by Gasteiger charge is -2.12. The monoisotopic (exact) mass is 480 g/mol. The van der Waals surface area contributed by atoms with Gasteiger partial charge < -0.3 is 9.13 Å². The molecule has 1 aliphatic rings. The van der Waals surface area contributed by atoms with E-state index in [4.69, 9.17) is 0 Å². The van der Waals surface area contributed by atoms with E-state index in [2.05, 4.69) is 120 Å². The zero-order valence-electron chi connectivity index (χ0n) is 21.7. The summed E-state index contributed by atoms with van der Waals surface area (Å²) in [4.78, 5) is 0. The molecule has 37 heavy (non-hydrogen) atoms. The SMILES string of the molecule is CCCCc1ccc(-n2c3c(c4cc5c(cc42)c2ccccc2n5-c2ccc(C)cc2)CCC=C3)cc1. The maximum Gasteiger partial charge on any atom is 0.0548 e. The summed E-state index contributed by atoms with van der Waals surface area (Å²) in [5.74, 6) is 0. The second-order valence-electron chi connectivity index (χ2n) is 10.5. The van der Waals surface area contributed by atoms with E-state index in [1.807, 2.05) is 0 Å². The summed E-state index contributed by atoms with van der Waals surface area (Å²) in [6.07, 6.45) is 10.5. The molecule has 0 N–H and O–H groups in total. The van der Waals surface area contributed by atoms with E-state index >= 15 is 0 Å². The Labute approximate surface area is 218 Å². The van der Waals surface area contributed by atoms with Gasteiger partial charge in [0.05, 0.1) is 16.6 Å². The molecule has 0 amide bonds. The average molecular weight is 481 g/mol. The zero-order valence-corrected chi connectivity index (χ0v) is 21.7. The Morgan fingerprint density at radius 2 is 1.41 bits per heavy atom. The molecule has 0 atom stereocenters. The van der Waals surface area contributed by atoms with Crippen LogP contribution in [0.1, 0.15) is 48.6 Å². The minimum absolute atomic E-state index is 1.08. The summed E-state index contributed by atoms with van der Waals surface area (Å²) in [5, 5.41) is 3.98. The molecule has 0 aliphatic heterocycles. The Hall–Kier alpha value is -4.04. The summed E-state index contributed by atoms with van der Waals surface area (Å²) < 4.78 is 4.93. The van der Waals surface area contributed by atoms with Crippen molar-refractivity contribution in [3.63, 3.8) is 0 Å². The predicted molar refractivity (Wildman–Crippen MR) is 158 cm³/mol. The molecule has 0 radical (unpaired) electrons. The fourth-order valence-electron chi connectivity index (χ4n) is 6.14. The molecule has 182 valence electrons. The highest BCUT2D eigenvalue weighted by molar-refractivity contribution is 6.14.